The minimum Gasteiger partial charge on any atom is -0.453 e. The van der Waals surface area contributed by atoms with E-state index >= 15 is 0 Å². The molecule has 1 aromatic carbocycles. The number of fused-ring (bicyclic) bond motifs is 1. The highest BCUT2D eigenvalue weighted by Gasteiger charge is 2.30. The summed E-state index contributed by atoms with van der Waals surface area (Å²) in [5, 5.41) is 12.9. The first-order chi connectivity index (χ1) is 16.8. The van der Waals surface area contributed by atoms with E-state index in [1.807, 2.05) is 0 Å². The van der Waals surface area contributed by atoms with Crippen LogP contribution in [0.5, 0.6) is 0 Å². The second kappa shape index (κ2) is 10.4. The van der Waals surface area contributed by atoms with Crippen molar-refractivity contribution in [3.05, 3.63) is 45.8 Å². The van der Waals surface area contributed by atoms with Crippen molar-refractivity contribution in [3.63, 3.8) is 0 Å². The average molecular weight is 517 g/mol. The number of nitrogens with zero attached hydrogens (tertiary/aromatic N) is 3. The van der Waals surface area contributed by atoms with E-state index in [0.29, 0.717) is 30.1 Å². The van der Waals surface area contributed by atoms with Crippen LogP contribution in [0.1, 0.15) is 58.5 Å². The first kappa shape index (κ1) is 25.2. The number of nitrogens with one attached hydrogen (secondary N) is 1. The normalized spacial score (nSPS) is 16.5. The minimum absolute atomic E-state index is 0.00102. The largest absolute Gasteiger partial charge is 0.453 e. The van der Waals surface area contributed by atoms with Crippen molar-refractivity contribution in [1.29, 1.82) is 5.26 Å². The summed E-state index contributed by atoms with van der Waals surface area (Å²) in [4.78, 5) is 27.3. The Hall–Kier alpha value is -2.94. The Morgan fingerprint density at radius 1 is 1.20 bits per heavy atom. The van der Waals surface area contributed by atoms with Crippen LogP contribution in [0.25, 0.3) is 0 Å². The number of nitriles is 1. The molecule has 1 aliphatic carbocycles. The maximum Gasteiger partial charge on any atom is 0.409 e. The third kappa shape index (κ3) is 5.05. The molecule has 0 saturated heterocycles. The predicted octanol–water partition coefficient (Wildman–Crippen LogP) is 3.95. The fourth-order valence-electron chi connectivity index (χ4n) is 4.66. The summed E-state index contributed by atoms with van der Waals surface area (Å²) >= 11 is 1.26. The fraction of sp³-hybridized carbons (Fsp3) is 0.458. The van der Waals surface area contributed by atoms with Crippen LogP contribution >= 0.6 is 11.3 Å². The Labute approximate surface area is 209 Å². The van der Waals surface area contributed by atoms with Gasteiger partial charge in [0.2, 0.25) is 10.0 Å². The number of carbonyl (C=O) groups is 2. The Morgan fingerprint density at radius 3 is 2.51 bits per heavy atom. The minimum atomic E-state index is -3.65. The summed E-state index contributed by atoms with van der Waals surface area (Å²) in [5.74, 6) is -0.436. The molecule has 2 aromatic rings. The van der Waals surface area contributed by atoms with Crippen molar-refractivity contribution in [1.82, 2.24) is 9.21 Å². The van der Waals surface area contributed by atoms with E-state index in [1.54, 1.807) is 11.9 Å². The van der Waals surface area contributed by atoms with Gasteiger partial charge in [-0.25, -0.2) is 13.2 Å². The van der Waals surface area contributed by atoms with Crippen LogP contribution < -0.4 is 5.32 Å². The van der Waals surface area contributed by atoms with E-state index in [2.05, 4.69) is 11.4 Å². The highest BCUT2D eigenvalue weighted by molar-refractivity contribution is 7.89. The van der Waals surface area contributed by atoms with Gasteiger partial charge < -0.3 is 15.0 Å². The molecule has 1 aromatic heterocycles. The van der Waals surface area contributed by atoms with Gasteiger partial charge in [-0.05, 0) is 49.1 Å². The van der Waals surface area contributed by atoms with Crippen molar-refractivity contribution < 1.29 is 22.7 Å². The van der Waals surface area contributed by atoms with Gasteiger partial charge >= 0.3 is 6.09 Å². The molecule has 35 heavy (non-hydrogen) atoms. The predicted molar refractivity (Wildman–Crippen MR) is 132 cm³/mol. The van der Waals surface area contributed by atoms with Crippen LogP contribution in [0.4, 0.5) is 9.80 Å². The molecule has 4 rings (SSSR count). The number of carbonyl (C=O) groups excluding carboxylic acids is 2. The Kier molecular flexibility index (Phi) is 7.44. The van der Waals surface area contributed by atoms with E-state index in [1.165, 1.54) is 47.0 Å². The topological polar surface area (TPSA) is 120 Å². The Balaban J connectivity index is 1.49. The number of rotatable bonds is 5. The molecule has 0 spiro atoms. The zero-order chi connectivity index (χ0) is 25.2. The molecular formula is C24H28N4O5S2. The van der Waals surface area contributed by atoms with Gasteiger partial charge in [-0.1, -0.05) is 19.3 Å². The van der Waals surface area contributed by atoms with E-state index < -0.39 is 22.0 Å². The van der Waals surface area contributed by atoms with Gasteiger partial charge in [0, 0.05) is 30.1 Å². The van der Waals surface area contributed by atoms with Gasteiger partial charge in [0.1, 0.15) is 11.1 Å². The Morgan fingerprint density at radius 2 is 1.89 bits per heavy atom. The Bertz CT molecular complexity index is 1260. The van der Waals surface area contributed by atoms with Gasteiger partial charge in [0.25, 0.3) is 5.91 Å². The second-order valence-electron chi connectivity index (χ2n) is 8.75. The first-order valence-electron chi connectivity index (χ1n) is 11.5. The average Bonchev–Trinajstić information content (AvgIpc) is 3.24. The summed E-state index contributed by atoms with van der Waals surface area (Å²) in [5.41, 5.74) is 1.52. The van der Waals surface area contributed by atoms with Crippen molar-refractivity contribution >= 4 is 38.4 Å². The number of amides is 2. The van der Waals surface area contributed by atoms with Gasteiger partial charge in [0.05, 0.1) is 24.1 Å². The number of ether oxygens (including phenoxy) is 1. The third-order valence-corrected chi connectivity index (χ3v) is 9.77. The summed E-state index contributed by atoms with van der Waals surface area (Å²) in [7, 11) is -0.706. The highest BCUT2D eigenvalue weighted by atomic mass is 32.2. The standard InChI is InChI=1S/C24H28N4O5S2/c1-27(17-6-4-3-5-7-17)35(31,32)18-10-8-16(9-11-18)22(29)26-23-20(14-25)19-12-13-28(24(30)33-2)15-21(19)34-23/h8-11,17H,3-7,12-13,15H2,1-2H3,(H,26,29). The SMILES string of the molecule is COC(=O)N1CCc2c(sc(NC(=O)c3ccc(S(=O)(=O)N(C)C4CCCCC4)cc3)c2C#N)C1. The van der Waals surface area contributed by atoms with Crippen molar-refractivity contribution in [2.24, 2.45) is 0 Å². The van der Waals surface area contributed by atoms with Crippen LogP contribution in [0, 0.1) is 11.3 Å². The molecular weight excluding hydrogens is 488 g/mol. The van der Waals surface area contributed by atoms with E-state index in [4.69, 9.17) is 4.74 Å². The van der Waals surface area contributed by atoms with Gasteiger partial charge in [0.15, 0.2) is 0 Å². The van der Waals surface area contributed by atoms with Gasteiger partial charge in [-0.15, -0.1) is 11.3 Å². The molecule has 2 aliphatic rings. The number of methoxy groups -OCH3 is 1. The lowest BCUT2D eigenvalue weighted by molar-refractivity contribution is 0.102. The number of benzene rings is 1. The fourth-order valence-corrected chi connectivity index (χ4v) is 7.28. The zero-order valence-corrected chi connectivity index (χ0v) is 21.4. The molecule has 1 fully saturated rings. The number of hydrogen-bond acceptors (Lipinski definition) is 7. The number of thiophene rings is 1. The van der Waals surface area contributed by atoms with E-state index in [9.17, 15) is 23.3 Å². The first-order valence-corrected chi connectivity index (χ1v) is 13.8. The van der Waals surface area contributed by atoms with E-state index in [-0.39, 0.29) is 16.5 Å². The smallest absolute Gasteiger partial charge is 0.409 e. The van der Waals surface area contributed by atoms with Crippen molar-refractivity contribution in [2.45, 2.75) is 56.0 Å². The summed E-state index contributed by atoms with van der Waals surface area (Å²) in [6.45, 7) is 0.752. The van der Waals surface area contributed by atoms with Gasteiger partial charge in [-0.2, -0.15) is 9.57 Å². The van der Waals surface area contributed by atoms with Crippen LogP contribution in [0.2, 0.25) is 0 Å². The molecule has 186 valence electrons. The quantitative estimate of drug-likeness (QED) is 0.643. The second-order valence-corrected chi connectivity index (χ2v) is 11.9. The third-order valence-electron chi connectivity index (χ3n) is 6.71. The summed E-state index contributed by atoms with van der Waals surface area (Å²) < 4.78 is 32.3. The van der Waals surface area contributed by atoms with Crippen LogP contribution in [0.15, 0.2) is 29.2 Å². The van der Waals surface area contributed by atoms with Crippen LogP contribution in [-0.4, -0.2) is 56.4 Å². The molecule has 2 amide bonds. The molecule has 11 heteroatoms. The zero-order valence-electron chi connectivity index (χ0n) is 19.7. The molecule has 1 aliphatic heterocycles. The van der Waals surface area contributed by atoms with Crippen molar-refractivity contribution in [3.8, 4) is 6.07 Å². The number of hydrogen-bond donors (Lipinski definition) is 1. The molecule has 9 nitrogen and oxygen atoms in total. The molecule has 0 atom stereocenters. The molecule has 0 bridgehead atoms. The molecule has 1 N–H and O–H groups in total. The number of anilines is 1. The highest BCUT2D eigenvalue weighted by Crippen LogP contribution is 2.37. The lowest BCUT2D eigenvalue weighted by Gasteiger charge is -2.30. The molecule has 2 heterocycles. The van der Waals surface area contributed by atoms with E-state index in [0.717, 1.165) is 42.5 Å². The summed E-state index contributed by atoms with van der Waals surface area (Å²) in [6.07, 6.45) is 4.98. The molecule has 1 saturated carbocycles. The maximum absolute atomic E-state index is 13.0. The lowest BCUT2D eigenvalue weighted by Crippen LogP contribution is -2.38. The van der Waals surface area contributed by atoms with Gasteiger partial charge in [-0.3, -0.25) is 4.79 Å². The summed E-state index contributed by atoms with van der Waals surface area (Å²) in [6, 6.07) is 8.03. The van der Waals surface area contributed by atoms with Crippen molar-refractivity contribution in [2.75, 3.05) is 26.0 Å². The molecule has 0 unspecified atom stereocenters. The lowest BCUT2D eigenvalue weighted by atomic mass is 9.96. The van der Waals surface area contributed by atoms with Crippen LogP contribution in [-0.2, 0) is 27.7 Å². The maximum atomic E-state index is 13.0. The number of sulfonamides is 1. The molecule has 0 radical (unpaired) electrons. The monoisotopic (exact) mass is 516 g/mol. The van der Waals surface area contributed by atoms with Crippen LogP contribution in [0.3, 0.4) is 0 Å².